The quantitative estimate of drug-likeness (QED) is 0.887. The third-order valence-corrected chi connectivity index (χ3v) is 3.94. The summed E-state index contributed by atoms with van der Waals surface area (Å²) in [5, 5.41) is 8.22. The fourth-order valence-electron chi connectivity index (χ4n) is 1.30. The summed E-state index contributed by atoms with van der Waals surface area (Å²) in [6.45, 7) is 0. The Balaban J connectivity index is 2.26. The summed E-state index contributed by atoms with van der Waals surface area (Å²) in [7, 11) is -3.93. The molecule has 0 saturated carbocycles. The van der Waals surface area contributed by atoms with Gasteiger partial charge in [0.15, 0.2) is 0 Å². The smallest absolute Gasteiger partial charge is 0.371 e. The van der Waals surface area contributed by atoms with Gasteiger partial charge in [-0.05, 0) is 36.4 Å². The van der Waals surface area contributed by atoms with Gasteiger partial charge in [0.2, 0.25) is 10.9 Å². The van der Waals surface area contributed by atoms with Crippen LogP contribution in [0.3, 0.4) is 0 Å². The van der Waals surface area contributed by atoms with Gasteiger partial charge in [-0.2, -0.15) is 8.42 Å². The second kappa shape index (κ2) is 5.06. The van der Waals surface area contributed by atoms with Crippen LogP contribution < -0.4 is 4.72 Å². The van der Waals surface area contributed by atoms with Crippen LogP contribution in [0.25, 0.3) is 0 Å². The van der Waals surface area contributed by atoms with Crippen molar-refractivity contribution >= 4 is 37.6 Å². The first-order chi connectivity index (χ1) is 8.88. The van der Waals surface area contributed by atoms with Gasteiger partial charge in [0.1, 0.15) is 0 Å². The maximum Gasteiger partial charge on any atom is 0.371 e. The van der Waals surface area contributed by atoms with Gasteiger partial charge in [0.05, 0.1) is 0 Å². The Bertz CT molecular complexity index is 705. The van der Waals surface area contributed by atoms with E-state index in [0.717, 1.165) is 16.6 Å². The molecular weight excluding hydrogens is 338 g/mol. The van der Waals surface area contributed by atoms with E-state index in [0.29, 0.717) is 5.69 Å². The largest absolute Gasteiger partial charge is 0.475 e. The van der Waals surface area contributed by atoms with Crippen LogP contribution in [-0.4, -0.2) is 19.5 Å². The summed E-state index contributed by atoms with van der Waals surface area (Å²) < 4.78 is 31.7. The van der Waals surface area contributed by atoms with Crippen molar-refractivity contribution in [3.63, 3.8) is 0 Å². The molecule has 0 amide bonds. The van der Waals surface area contributed by atoms with Crippen molar-refractivity contribution in [1.29, 1.82) is 0 Å². The molecule has 0 aliphatic heterocycles. The minimum absolute atomic E-state index is 0.344. The lowest BCUT2D eigenvalue weighted by Crippen LogP contribution is -2.12. The Labute approximate surface area is 117 Å². The molecule has 0 radical (unpaired) electrons. The average Bonchev–Trinajstić information content (AvgIpc) is 2.82. The molecule has 0 fully saturated rings. The lowest BCUT2D eigenvalue weighted by molar-refractivity contribution is 0.0656. The minimum atomic E-state index is -3.93. The summed E-state index contributed by atoms with van der Waals surface area (Å²) in [4.78, 5) is 10.6. The summed E-state index contributed by atoms with van der Waals surface area (Å²) >= 11 is 3.23. The number of aromatic carboxylic acids is 1. The Kier molecular flexibility index (Phi) is 3.63. The standard InChI is InChI=1S/C11H8BrNO5S/c12-7-1-3-8(4-2-7)13-19(16,17)10-6-5-9(18-10)11(14)15/h1-6,13H,(H,14,15). The molecule has 0 bridgehead atoms. The van der Waals surface area contributed by atoms with Gasteiger partial charge in [-0.25, -0.2) is 4.79 Å². The van der Waals surface area contributed by atoms with Gasteiger partial charge in [-0.3, -0.25) is 4.72 Å². The molecular formula is C11H8BrNO5S. The number of anilines is 1. The summed E-state index contributed by atoms with van der Waals surface area (Å²) in [6, 6.07) is 8.62. The molecule has 2 N–H and O–H groups in total. The van der Waals surface area contributed by atoms with E-state index in [2.05, 4.69) is 20.7 Å². The molecule has 2 aromatic rings. The van der Waals surface area contributed by atoms with E-state index in [1.54, 1.807) is 24.3 Å². The first-order valence-electron chi connectivity index (χ1n) is 5.00. The van der Waals surface area contributed by atoms with Crippen LogP contribution in [0.4, 0.5) is 5.69 Å². The van der Waals surface area contributed by atoms with Crippen molar-refractivity contribution in [1.82, 2.24) is 0 Å². The molecule has 100 valence electrons. The van der Waals surface area contributed by atoms with Gasteiger partial charge in [-0.15, -0.1) is 0 Å². The lowest BCUT2D eigenvalue weighted by atomic mass is 10.3. The third-order valence-electron chi connectivity index (χ3n) is 2.15. The summed E-state index contributed by atoms with van der Waals surface area (Å²) in [5.41, 5.74) is 0.344. The second-order valence-corrected chi connectivity index (χ2v) is 6.07. The van der Waals surface area contributed by atoms with Crippen LogP contribution in [0.15, 0.2) is 50.4 Å². The SMILES string of the molecule is O=C(O)c1ccc(S(=O)(=O)Nc2ccc(Br)cc2)o1. The molecule has 6 nitrogen and oxygen atoms in total. The van der Waals surface area contributed by atoms with Crippen LogP contribution in [0.1, 0.15) is 10.6 Å². The fourth-order valence-corrected chi connectivity index (χ4v) is 2.56. The molecule has 0 saturated heterocycles. The molecule has 0 spiro atoms. The minimum Gasteiger partial charge on any atom is -0.475 e. The van der Waals surface area contributed by atoms with E-state index in [9.17, 15) is 13.2 Å². The number of hydrogen-bond acceptors (Lipinski definition) is 4. The fraction of sp³-hybridized carbons (Fsp3) is 0. The number of carbonyl (C=O) groups is 1. The first-order valence-corrected chi connectivity index (χ1v) is 7.27. The van der Waals surface area contributed by atoms with E-state index in [1.807, 2.05) is 0 Å². The van der Waals surface area contributed by atoms with Crippen molar-refractivity contribution in [3.05, 3.63) is 46.6 Å². The van der Waals surface area contributed by atoms with Crippen molar-refractivity contribution in [2.45, 2.75) is 5.09 Å². The van der Waals surface area contributed by atoms with Crippen LogP contribution in [-0.2, 0) is 10.0 Å². The zero-order valence-electron chi connectivity index (χ0n) is 9.33. The third kappa shape index (κ3) is 3.15. The number of nitrogens with one attached hydrogen (secondary N) is 1. The number of hydrogen-bond donors (Lipinski definition) is 2. The van der Waals surface area contributed by atoms with E-state index in [-0.39, 0.29) is 0 Å². The predicted molar refractivity (Wildman–Crippen MR) is 70.6 cm³/mol. The zero-order chi connectivity index (χ0) is 14.0. The average molecular weight is 346 g/mol. The van der Waals surface area contributed by atoms with E-state index in [1.165, 1.54) is 0 Å². The normalized spacial score (nSPS) is 11.2. The molecule has 8 heteroatoms. The number of carboxylic acids is 1. The van der Waals surface area contributed by atoms with Crippen LogP contribution in [0, 0.1) is 0 Å². The number of halogens is 1. The van der Waals surface area contributed by atoms with Crippen LogP contribution in [0.5, 0.6) is 0 Å². The molecule has 1 aromatic carbocycles. The first kappa shape index (κ1) is 13.6. The molecule has 19 heavy (non-hydrogen) atoms. The highest BCUT2D eigenvalue weighted by Crippen LogP contribution is 2.20. The Morgan fingerprint density at radius 3 is 2.32 bits per heavy atom. The predicted octanol–water partition coefficient (Wildman–Crippen LogP) is 2.54. The highest BCUT2D eigenvalue weighted by atomic mass is 79.9. The van der Waals surface area contributed by atoms with Crippen LogP contribution >= 0.6 is 15.9 Å². The number of rotatable bonds is 4. The molecule has 0 unspecified atom stereocenters. The summed E-state index contributed by atoms with van der Waals surface area (Å²) in [6.07, 6.45) is 0. The molecule has 1 aromatic heterocycles. The van der Waals surface area contributed by atoms with Gasteiger partial charge >= 0.3 is 5.97 Å². The maximum atomic E-state index is 11.9. The van der Waals surface area contributed by atoms with Crippen molar-refractivity contribution in [2.24, 2.45) is 0 Å². The highest BCUT2D eigenvalue weighted by molar-refractivity contribution is 9.10. The van der Waals surface area contributed by atoms with Crippen molar-refractivity contribution in [2.75, 3.05) is 4.72 Å². The number of benzene rings is 1. The number of sulfonamides is 1. The Morgan fingerprint density at radius 1 is 1.16 bits per heavy atom. The Hall–Kier alpha value is -1.80. The molecule has 0 aliphatic rings. The molecule has 1 heterocycles. The molecule has 0 atom stereocenters. The maximum absolute atomic E-state index is 11.9. The van der Waals surface area contributed by atoms with E-state index < -0.39 is 26.8 Å². The Morgan fingerprint density at radius 2 is 1.79 bits per heavy atom. The van der Waals surface area contributed by atoms with Gasteiger partial charge in [-0.1, -0.05) is 15.9 Å². The second-order valence-electron chi connectivity index (χ2n) is 3.54. The lowest BCUT2D eigenvalue weighted by Gasteiger charge is -2.05. The van der Waals surface area contributed by atoms with Gasteiger partial charge in [0.25, 0.3) is 10.0 Å². The van der Waals surface area contributed by atoms with Crippen molar-refractivity contribution < 1.29 is 22.7 Å². The van der Waals surface area contributed by atoms with E-state index >= 15 is 0 Å². The molecule has 2 rings (SSSR count). The van der Waals surface area contributed by atoms with Crippen LogP contribution in [0.2, 0.25) is 0 Å². The van der Waals surface area contributed by atoms with Gasteiger partial charge < -0.3 is 9.52 Å². The number of furan rings is 1. The van der Waals surface area contributed by atoms with Gasteiger partial charge in [0, 0.05) is 10.2 Å². The topological polar surface area (TPSA) is 96.6 Å². The van der Waals surface area contributed by atoms with E-state index in [4.69, 9.17) is 9.52 Å². The molecule has 0 aliphatic carbocycles. The summed E-state index contributed by atoms with van der Waals surface area (Å²) in [5.74, 6) is -1.76. The highest BCUT2D eigenvalue weighted by Gasteiger charge is 2.20. The number of carboxylic acid groups (broad SMARTS) is 1. The monoisotopic (exact) mass is 345 g/mol. The van der Waals surface area contributed by atoms with Crippen molar-refractivity contribution in [3.8, 4) is 0 Å². The zero-order valence-corrected chi connectivity index (χ0v) is 11.7.